The fourth-order valence-electron chi connectivity index (χ4n) is 3.27. The number of aromatic nitrogens is 6. The van der Waals surface area contributed by atoms with E-state index in [1.165, 1.54) is 0 Å². The quantitative estimate of drug-likeness (QED) is 0.539. The van der Waals surface area contributed by atoms with Crippen molar-refractivity contribution in [2.75, 3.05) is 0 Å². The van der Waals surface area contributed by atoms with E-state index in [0.717, 1.165) is 44.3 Å². The average Bonchev–Trinajstić information content (AvgIpc) is 3.30. The number of aromatic amines is 1. The maximum Gasteiger partial charge on any atom is 0.138 e. The van der Waals surface area contributed by atoms with E-state index in [4.69, 9.17) is 4.98 Å². The zero-order valence-corrected chi connectivity index (χ0v) is 13.9. The van der Waals surface area contributed by atoms with Crippen molar-refractivity contribution in [1.82, 2.24) is 29.5 Å². The summed E-state index contributed by atoms with van der Waals surface area (Å²) in [4.78, 5) is 8.04. The molecular weight excluding hydrogens is 312 g/mol. The second-order valence-electron chi connectivity index (χ2n) is 6.27. The van der Waals surface area contributed by atoms with Gasteiger partial charge < -0.3 is 4.98 Å². The molecule has 6 nitrogen and oxygen atoms in total. The first-order chi connectivity index (χ1) is 12.2. The highest BCUT2D eigenvalue weighted by atomic mass is 15.2. The third-order valence-corrected chi connectivity index (χ3v) is 4.47. The molecule has 0 aliphatic heterocycles. The molecule has 0 unspecified atom stereocenters. The van der Waals surface area contributed by atoms with Gasteiger partial charge in [0.05, 0.1) is 17.4 Å². The summed E-state index contributed by atoms with van der Waals surface area (Å²) in [6.45, 7) is 0. The Hall–Kier alpha value is -3.41. The molecule has 4 aromatic heterocycles. The minimum absolute atomic E-state index is 0.877. The van der Waals surface area contributed by atoms with Crippen LogP contribution in [-0.4, -0.2) is 29.5 Å². The van der Waals surface area contributed by atoms with Crippen LogP contribution in [0.2, 0.25) is 0 Å². The maximum absolute atomic E-state index is 4.75. The van der Waals surface area contributed by atoms with Crippen LogP contribution in [0.3, 0.4) is 0 Å². The number of nitrogens with one attached hydrogen (secondary N) is 1. The molecule has 0 atom stereocenters. The fourth-order valence-corrected chi connectivity index (χ4v) is 3.27. The molecule has 0 fully saturated rings. The van der Waals surface area contributed by atoms with E-state index in [1.807, 2.05) is 49.6 Å². The largest absolute Gasteiger partial charge is 0.345 e. The Morgan fingerprint density at radius 3 is 2.72 bits per heavy atom. The Morgan fingerprint density at radius 2 is 1.88 bits per heavy atom. The Kier molecular flexibility index (Phi) is 2.82. The lowest BCUT2D eigenvalue weighted by Crippen LogP contribution is -1.85. The molecule has 0 amide bonds. The van der Waals surface area contributed by atoms with Crippen LogP contribution in [-0.2, 0) is 14.1 Å². The van der Waals surface area contributed by atoms with Crippen LogP contribution in [0.1, 0.15) is 0 Å². The lowest BCUT2D eigenvalue weighted by Gasteiger charge is -2.01. The molecule has 0 saturated heterocycles. The van der Waals surface area contributed by atoms with Crippen LogP contribution in [0.25, 0.3) is 44.3 Å². The molecule has 4 heterocycles. The predicted molar refractivity (Wildman–Crippen MR) is 98.0 cm³/mol. The molecule has 0 bridgehead atoms. The van der Waals surface area contributed by atoms with E-state index in [-0.39, 0.29) is 0 Å². The van der Waals surface area contributed by atoms with Gasteiger partial charge in [0.1, 0.15) is 5.65 Å². The van der Waals surface area contributed by atoms with E-state index < -0.39 is 0 Å². The van der Waals surface area contributed by atoms with E-state index in [2.05, 4.69) is 39.4 Å². The number of pyridine rings is 1. The summed E-state index contributed by atoms with van der Waals surface area (Å²) in [6, 6.07) is 10.5. The van der Waals surface area contributed by atoms with Crippen LogP contribution >= 0.6 is 0 Å². The van der Waals surface area contributed by atoms with Gasteiger partial charge in [-0.25, -0.2) is 4.98 Å². The molecule has 0 radical (unpaired) electrons. The number of nitrogens with zero attached hydrogens (tertiary/aromatic N) is 5. The van der Waals surface area contributed by atoms with Crippen molar-refractivity contribution < 1.29 is 0 Å². The second-order valence-corrected chi connectivity index (χ2v) is 6.27. The van der Waals surface area contributed by atoms with Gasteiger partial charge in [0, 0.05) is 54.6 Å². The summed E-state index contributed by atoms with van der Waals surface area (Å²) in [5.74, 6) is 0. The summed E-state index contributed by atoms with van der Waals surface area (Å²) < 4.78 is 3.62. The number of benzene rings is 1. The van der Waals surface area contributed by atoms with Gasteiger partial charge in [-0.15, -0.1) is 0 Å². The van der Waals surface area contributed by atoms with Crippen LogP contribution in [0.5, 0.6) is 0 Å². The Bertz CT molecular complexity index is 1220. The van der Waals surface area contributed by atoms with Crippen molar-refractivity contribution in [2.24, 2.45) is 14.1 Å². The molecule has 1 N–H and O–H groups in total. The Morgan fingerprint density at radius 1 is 0.960 bits per heavy atom. The normalized spacial score (nSPS) is 11.6. The van der Waals surface area contributed by atoms with Crippen LogP contribution in [0, 0.1) is 0 Å². The van der Waals surface area contributed by atoms with Crippen molar-refractivity contribution in [3.63, 3.8) is 0 Å². The molecule has 0 aliphatic rings. The van der Waals surface area contributed by atoms with Crippen LogP contribution in [0.4, 0.5) is 0 Å². The number of fused-ring (bicyclic) bond motifs is 2. The smallest absolute Gasteiger partial charge is 0.138 e. The van der Waals surface area contributed by atoms with Gasteiger partial charge in [-0.05, 0) is 29.8 Å². The molecule has 0 aliphatic carbocycles. The summed E-state index contributed by atoms with van der Waals surface area (Å²) in [5, 5.41) is 10.9. The minimum Gasteiger partial charge on any atom is -0.345 e. The molecule has 0 saturated carbocycles. The van der Waals surface area contributed by atoms with E-state index in [0.29, 0.717) is 0 Å². The van der Waals surface area contributed by atoms with Gasteiger partial charge in [-0.2, -0.15) is 10.2 Å². The van der Waals surface area contributed by atoms with E-state index >= 15 is 0 Å². The Labute approximate surface area is 143 Å². The van der Waals surface area contributed by atoms with Crippen molar-refractivity contribution in [3.05, 3.63) is 55.1 Å². The number of aryl methyl sites for hydroxylation is 2. The second kappa shape index (κ2) is 5.04. The van der Waals surface area contributed by atoms with Crippen molar-refractivity contribution in [2.45, 2.75) is 0 Å². The van der Waals surface area contributed by atoms with Gasteiger partial charge in [0.25, 0.3) is 0 Å². The predicted octanol–water partition coefficient (Wildman–Crippen LogP) is 3.52. The molecule has 25 heavy (non-hydrogen) atoms. The molecule has 6 heteroatoms. The molecule has 122 valence electrons. The van der Waals surface area contributed by atoms with Crippen LogP contribution in [0.15, 0.2) is 55.1 Å². The third kappa shape index (κ3) is 2.22. The monoisotopic (exact) mass is 328 g/mol. The first-order valence-electron chi connectivity index (χ1n) is 8.08. The summed E-state index contributed by atoms with van der Waals surface area (Å²) >= 11 is 0. The maximum atomic E-state index is 4.75. The molecular formula is C19H16N6. The lowest BCUT2D eigenvalue weighted by molar-refractivity contribution is 0.768. The molecule has 1 aromatic carbocycles. The summed E-state index contributed by atoms with van der Waals surface area (Å²) in [5.41, 5.74) is 6.11. The van der Waals surface area contributed by atoms with E-state index in [9.17, 15) is 0 Å². The minimum atomic E-state index is 0.877. The fraction of sp³-hybridized carbons (Fsp3) is 0.105. The first-order valence-corrected chi connectivity index (χ1v) is 8.08. The lowest BCUT2D eigenvalue weighted by atomic mass is 10.0. The standard InChI is InChI=1S/C19H16N6/c1-24-11-14(8-21-24)17-6-4-15-16(9-20-19(15)22-17)12-3-5-18-13(7-12)10-25(2)23-18/h3-11H,1-2H3,(H,20,22). The molecule has 5 aromatic rings. The average molecular weight is 328 g/mol. The number of rotatable bonds is 2. The van der Waals surface area contributed by atoms with E-state index in [1.54, 1.807) is 4.68 Å². The van der Waals surface area contributed by atoms with Gasteiger partial charge in [-0.3, -0.25) is 9.36 Å². The zero-order valence-electron chi connectivity index (χ0n) is 13.9. The SMILES string of the molecule is Cn1cc(-c2ccc3c(-c4ccc5nn(C)cc5c4)c[nH]c3n2)cn1. The van der Waals surface area contributed by atoms with Gasteiger partial charge in [-0.1, -0.05) is 6.07 Å². The van der Waals surface area contributed by atoms with Crippen molar-refractivity contribution >= 4 is 21.9 Å². The summed E-state index contributed by atoms with van der Waals surface area (Å²) in [6.07, 6.45) is 7.84. The highest BCUT2D eigenvalue weighted by molar-refractivity contribution is 5.97. The van der Waals surface area contributed by atoms with Crippen molar-refractivity contribution in [3.8, 4) is 22.4 Å². The molecule has 5 rings (SSSR count). The number of H-pyrrole nitrogens is 1. The molecule has 0 spiro atoms. The van der Waals surface area contributed by atoms with Crippen molar-refractivity contribution in [1.29, 1.82) is 0 Å². The van der Waals surface area contributed by atoms with Gasteiger partial charge >= 0.3 is 0 Å². The summed E-state index contributed by atoms with van der Waals surface area (Å²) in [7, 11) is 3.85. The van der Waals surface area contributed by atoms with Gasteiger partial charge in [0.2, 0.25) is 0 Å². The Balaban J connectivity index is 1.63. The number of hydrogen-bond donors (Lipinski definition) is 1. The topological polar surface area (TPSA) is 64.3 Å². The van der Waals surface area contributed by atoms with Crippen LogP contribution < -0.4 is 0 Å². The van der Waals surface area contributed by atoms with Gasteiger partial charge in [0.15, 0.2) is 0 Å². The highest BCUT2D eigenvalue weighted by Gasteiger charge is 2.11. The first kappa shape index (κ1) is 14.0. The highest BCUT2D eigenvalue weighted by Crippen LogP contribution is 2.31. The number of hydrogen-bond acceptors (Lipinski definition) is 3. The zero-order chi connectivity index (χ0) is 17.0. The third-order valence-electron chi connectivity index (χ3n) is 4.47.